The van der Waals surface area contributed by atoms with E-state index in [9.17, 15) is 14.4 Å². The number of carbonyl (C=O) groups is 1. The molecule has 10 nitrogen and oxygen atoms in total. The highest BCUT2D eigenvalue weighted by atomic mass is 35.5. The van der Waals surface area contributed by atoms with Crippen LogP contribution in [0.4, 0.5) is 21.5 Å². The second-order valence-electron chi connectivity index (χ2n) is 11.1. The lowest BCUT2D eigenvalue weighted by Crippen LogP contribution is -2.36. The summed E-state index contributed by atoms with van der Waals surface area (Å²) in [6.45, 7) is 4.82. The normalized spacial score (nSPS) is 16.7. The number of aromatic nitrogens is 1. The second kappa shape index (κ2) is 15.2. The van der Waals surface area contributed by atoms with Crippen LogP contribution in [0.25, 0.3) is 10.9 Å². The van der Waals surface area contributed by atoms with Crippen LogP contribution in [0.15, 0.2) is 72.9 Å². The van der Waals surface area contributed by atoms with Crippen LogP contribution in [-0.2, 0) is 20.9 Å². The molecule has 2 aliphatic rings. The molecule has 2 fully saturated rings. The van der Waals surface area contributed by atoms with Crippen LogP contribution >= 0.6 is 11.6 Å². The zero-order chi connectivity index (χ0) is 32.6. The summed E-state index contributed by atoms with van der Waals surface area (Å²) in [4.78, 5) is 19.8. The van der Waals surface area contributed by atoms with Gasteiger partial charge in [-0.1, -0.05) is 29.8 Å². The predicted molar refractivity (Wildman–Crippen MR) is 177 cm³/mol. The Morgan fingerprint density at radius 1 is 1.13 bits per heavy atom. The van der Waals surface area contributed by atoms with Gasteiger partial charge in [-0.15, -0.1) is 0 Å². The number of nitrogens with zero attached hydrogens (tertiary/aromatic N) is 3. The number of rotatable bonds is 11. The molecule has 1 atom stereocenters. The summed E-state index contributed by atoms with van der Waals surface area (Å²) in [6.07, 6.45) is 5.37. The van der Waals surface area contributed by atoms with Crippen molar-refractivity contribution in [1.82, 2.24) is 9.88 Å². The number of hydrogen-bond acceptors (Lipinski definition) is 9. The van der Waals surface area contributed by atoms with E-state index in [0.29, 0.717) is 88.6 Å². The van der Waals surface area contributed by atoms with Crippen LogP contribution in [0, 0.1) is 17.1 Å². The second-order valence-corrected chi connectivity index (χ2v) is 11.5. The maximum Gasteiger partial charge on any atom is 0.248 e. The molecule has 0 bridgehead atoms. The summed E-state index contributed by atoms with van der Waals surface area (Å²) < 4.78 is 36.5. The molecule has 3 heterocycles. The third-order valence-corrected chi connectivity index (χ3v) is 8.05. The number of nitrogens with one attached hydrogen (secondary N) is 2. The topological polar surface area (TPSA) is 118 Å². The SMILES string of the molecule is N#Cc1cnc2cc(O[C@H]3CCOC3)c(NC(=O)C=CCN3CCOCC3)cc2c1Nc1ccc(OCc2cccc(F)c2)c(Cl)c1. The Labute approximate surface area is 276 Å². The summed E-state index contributed by atoms with van der Waals surface area (Å²) in [5.74, 6) is 0.216. The van der Waals surface area contributed by atoms with Crippen molar-refractivity contribution in [2.75, 3.05) is 56.7 Å². The van der Waals surface area contributed by atoms with Crippen LogP contribution in [0.1, 0.15) is 17.5 Å². The molecule has 0 radical (unpaired) electrons. The summed E-state index contributed by atoms with van der Waals surface area (Å²) in [5.41, 5.74) is 3.03. The fourth-order valence-electron chi connectivity index (χ4n) is 5.31. The zero-order valence-electron chi connectivity index (χ0n) is 25.5. The van der Waals surface area contributed by atoms with Gasteiger partial charge in [-0.2, -0.15) is 5.26 Å². The van der Waals surface area contributed by atoms with E-state index in [-0.39, 0.29) is 24.4 Å². The van der Waals surface area contributed by atoms with Gasteiger partial charge in [0, 0.05) is 55.5 Å². The summed E-state index contributed by atoms with van der Waals surface area (Å²) in [7, 11) is 0. The third-order valence-electron chi connectivity index (χ3n) is 7.75. The highest BCUT2D eigenvalue weighted by molar-refractivity contribution is 6.32. The van der Waals surface area contributed by atoms with E-state index < -0.39 is 0 Å². The van der Waals surface area contributed by atoms with Gasteiger partial charge in [0.1, 0.15) is 36.1 Å². The lowest BCUT2D eigenvalue weighted by molar-refractivity contribution is -0.111. The monoisotopic (exact) mass is 657 g/mol. The number of amides is 1. The Morgan fingerprint density at radius 3 is 2.77 bits per heavy atom. The number of fused-ring (bicyclic) bond motifs is 1. The van der Waals surface area contributed by atoms with Crippen molar-refractivity contribution in [1.29, 1.82) is 5.26 Å². The quantitative estimate of drug-likeness (QED) is 0.181. The predicted octanol–water partition coefficient (Wildman–Crippen LogP) is 6.22. The van der Waals surface area contributed by atoms with Crippen molar-refractivity contribution in [3.63, 3.8) is 0 Å². The summed E-state index contributed by atoms with van der Waals surface area (Å²) in [5, 5.41) is 17.2. The Bertz CT molecular complexity index is 1820. The van der Waals surface area contributed by atoms with Crippen molar-refractivity contribution in [2.45, 2.75) is 19.1 Å². The number of carbonyl (C=O) groups excluding carboxylic acids is 1. The van der Waals surface area contributed by atoms with Gasteiger partial charge in [-0.3, -0.25) is 14.7 Å². The van der Waals surface area contributed by atoms with Crippen LogP contribution in [0.2, 0.25) is 5.02 Å². The van der Waals surface area contributed by atoms with Gasteiger partial charge >= 0.3 is 0 Å². The van der Waals surface area contributed by atoms with E-state index in [4.69, 9.17) is 30.5 Å². The van der Waals surface area contributed by atoms with Gasteiger partial charge in [0.2, 0.25) is 5.91 Å². The average Bonchev–Trinajstić information content (AvgIpc) is 3.59. The van der Waals surface area contributed by atoms with Crippen LogP contribution < -0.4 is 20.1 Å². The summed E-state index contributed by atoms with van der Waals surface area (Å²) >= 11 is 6.55. The highest BCUT2D eigenvalue weighted by Crippen LogP contribution is 2.38. The van der Waals surface area contributed by atoms with Gasteiger partial charge in [0.25, 0.3) is 0 Å². The molecule has 0 unspecified atom stereocenters. The first-order chi connectivity index (χ1) is 22.9. The minimum Gasteiger partial charge on any atom is -0.487 e. The number of pyridine rings is 1. The molecule has 0 saturated carbocycles. The van der Waals surface area contributed by atoms with Crippen molar-refractivity contribution in [2.24, 2.45) is 0 Å². The third kappa shape index (κ3) is 8.36. The molecule has 4 aromatic rings. The van der Waals surface area contributed by atoms with E-state index >= 15 is 0 Å². The van der Waals surface area contributed by atoms with Gasteiger partial charge in [-0.05, 0) is 42.0 Å². The van der Waals surface area contributed by atoms with Crippen LogP contribution in [0.3, 0.4) is 0 Å². The molecule has 3 aromatic carbocycles. The standard InChI is InChI=1S/C35H33ClFN5O5/c36-29-16-26(6-7-32(29)46-21-23-3-1-4-25(37)15-23)40-35-24(19-38)20-39-30-18-33(47-27-8-12-45-22-27)31(17-28(30)35)41-34(43)5-2-9-42-10-13-44-14-11-42/h1-7,15-18,20,27H,8-14,21-22H2,(H,39,40)(H,41,43)/t27-/m0/s1. The molecule has 1 amide bonds. The van der Waals surface area contributed by atoms with Crippen molar-refractivity contribution in [3.8, 4) is 17.6 Å². The van der Waals surface area contributed by atoms with Crippen molar-refractivity contribution < 1.29 is 28.1 Å². The molecule has 0 aliphatic carbocycles. The number of hydrogen-bond donors (Lipinski definition) is 2. The number of ether oxygens (including phenoxy) is 4. The molecule has 1 aromatic heterocycles. The minimum absolute atomic E-state index is 0.145. The first-order valence-electron chi connectivity index (χ1n) is 15.3. The molecular formula is C35H33ClFN5O5. The molecule has 2 aliphatic heterocycles. The first kappa shape index (κ1) is 32.2. The maximum atomic E-state index is 13.6. The molecule has 12 heteroatoms. The molecule has 2 saturated heterocycles. The van der Waals surface area contributed by atoms with Gasteiger partial charge in [0.05, 0.1) is 53.9 Å². The lowest BCUT2D eigenvalue weighted by Gasteiger charge is -2.25. The number of nitriles is 1. The van der Waals surface area contributed by atoms with E-state index in [0.717, 1.165) is 19.5 Å². The Balaban J connectivity index is 1.26. The number of anilines is 3. The van der Waals surface area contributed by atoms with Crippen LogP contribution in [0.5, 0.6) is 11.5 Å². The zero-order valence-corrected chi connectivity index (χ0v) is 26.3. The van der Waals surface area contributed by atoms with E-state index in [1.165, 1.54) is 24.4 Å². The van der Waals surface area contributed by atoms with E-state index in [1.807, 2.05) is 6.08 Å². The van der Waals surface area contributed by atoms with E-state index in [2.05, 4.69) is 26.6 Å². The maximum absolute atomic E-state index is 13.6. The summed E-state index contributed by atoms with van der Waals surface area (Å²) in [6, 6.07) is 17.0. The Morgan fingerprint density at radius 2 is 2.00 bits per heavy atom. The number of halogens is 2. The molecule has 0 spiro atoms. The Kier molecular flexibility index (Phi) is 10.4. The highest BCUT2D eigenvalue weighted by Gasteiger charge is 2.21. The number of morpholine rings is 1. The van der Waals surface area contributed by atoms with Gasteiger partial charge in [-0.25, -0.2) is 4.39 Å². The van der Waals surface area contributed by atoms with Gasteiger partial charge < -0.3 is 29.6 Å². The largest absolute Gasteiger partial charge is 0.487 e. The van der Waals surface area contributed by atoms with E-state index in [1.54, 1.807) is 42.5 Å². The molecule has 2 N–H and O–H groups in total. The van der Waals surface area contributed by atoms with Gasteiger partial charge in [0.15, 0.2) is 0 Å². The lowest BCUT2D eigenvalue weighted by atomic mass is 10.1. The van der Waals surface area contributed by atoms with Crippen molar-refractivity contribution >= 4 is 45.5 Å². The minimum atomic E-state index is -0.344. The number of benzene rings is 3. The first-order valence-corrected chi connectivity index (χ1v) is 15.7. The van der Waals surface area contributed by atoms with Crippen LogP contribution in [-0.4, -0.2) is 68.0 Å². The van der Waals surface area contributed by atoms with Crippen molar-refractivity contribution in [3.05, 3.63) is 94.9 Å². The fraction of sp³-hybridized carbons (Fsp3) is 0.286. The molecule has 47 heavy (non-hydrogen) atoms. The molecule has 6 rings (SSSR count). The molecule has 242 valence electrons. The average molecular weight is 658 g/mol. The fourth-order valence-corrected chi connectivity index (χ4v) is 5.55. The smallest absolute Gasteiger partial charge is 0.248 e. The molecular weight excluding hydrogens is 625 g/mol. The Hall–Kier alpha value is -4.73.